The van der Waals surface area contributed by atoms with Gasteiger partial charge in [-0.1, -0.05) is 6.07 Å². The van der Waals surface area contributed by atoms with Gasteiger partial charge in [0.15, 0.2) is 0 Å². The molecular formula is C22H28N4O. The molecule has 0 N–H and O–H groups in total. The highest BCUT2D eigenvalue weighted by atomic mass is 16.2. The predicted octanol–water partition coefficient (Wildman–Crippen LogP) is 4.71. The maximum Gasteiger partial charge on any atom is 0.256 e. The van der Waals surface area contributed by atoms with Gasteiger partial charge in [-0.3, -0.25) is 4.79 Å². The molecule has 3 aromatic rings. The second-order valence-corrected chi connectivity index (χ2v) is 7.92. The van der Waals surface area contributed by atoms with Crippen LogP contribution in [0.1, 0.15) is 62.3 Å². The van der Waals surface area contributed by atoms with E-state index in [1.807, 2.05) is 42.3 Å². The first-order chi connectivity index (χ1) is 13.0. The van der Waals surface area contributed by atoms with Gasteiger partial charge in [-0.25, -0.2) is 4.98 Å². The molecule has 0 bridgehead atoms. The summed E-state index contributed by atoms with van der Waals surface area (Å²) in [7, 11) is 0. The normalized spacial score (nSPS) is 17.8. The first kappa shape index (κ1) is 17.8. The molecule has 142 valence electrons. The summed E-state index contributed by atoms with van der Waals surface area (Å²) in [6.07, 6.45) is 7.49. The molecule has 1 amide bonds. The lowest BCUT2D eigenvalue weighted by atomic mass is 10.0. The predicted molar refractivity (Wildman–Crippen MR) is 108 cm³/mol. The fraction of sp³-hybridized carbons (Fsp3) is 0.455. The Labute approximate surface area is 160 Å². The van der Waals surface area contributed by atoms with Gasteiger partial charge in [0.05, 0.1) is 16.8 Å². The van der Waals surface area contributed by atoms with Crippen LogP contribution in [0.4, 0.5) is 0 Å². The van der Waals surface area contributed by atoms with Gasteiger partial charge in [-0.15, -0.1) is 0 Å². The van der Waals surface area contributed by atoms with Crippen molar-refractivity contribution >= 4 is 11.4 Å². The number of carbonyl (C=O) groups is 1. The summed E-state index contributed by atoms with van der Waals surface area (Å²) in [6.45, 7) is 9.34. The largest absolute Gasteiger partial charge is 0.336 e. The summed E-state index contributed by atoms with van der Waals surface area (Å²) >= 11 is 0. The van der Waals surface area contributed by atoms with Crippen LogP contribution in [0, 0.1) is 6.92 Å². The third kappa shape index (κ3) is 3.05. The van der Waals surface area contributed by atoms with Gasteiger partial charge in [0.25, 0.3) is 5.91 Å². The Kier molecular flexibility index (Phi) is 4.54. The molecule has 27 heavy (non-hydrogen) atoms. The van der Waals surface area contributed by atoms with Crippen molar-refractivity contribution in [3.05, 3.63) is 48.0 Å². The highest BCUT2D eigenvalue weighted by Crippen LogP contribution is 2.29. The van der Waals surface area contributed by atoms with Gasteiger partial charge in [0.1, 0.15) is 11.5 Å². The van der Waals surface area contributed by atoms with Gasteiger partial charge >= 0.3 is 0 Å². The first-order valence-corrected chi connectivity index (χ1v) is 9.94. The molecule has 0 spiro atoms. The van der Waals surface area contributed by atoms with Crippen LogP contribution < -0.4 is 0 Å². The van der Waals surface area contributed by atoms with Crippen molar-refractivity contribution in [3.8, 4) is 11.4 Å². The SMILES string of the molecule is Cc1nc(-c2cc(C(=O)N3CCCC[C@H]3C)c3ccccn23)cn1C(C)C. The van der Waals surface area contributed by atoms with E-state index in [0.717, 1.165) is 47.7 Å². The molecular weight excluding hydrogens is 336 g/mol. The minimum atomic E-state index is 0.136. The quantitative estimate of drug-likeness (QED) is 0.676. The number of imidazole rings is 1. The molecule has 0 radical (unpaired) electrons. The topological polar surface area (TPSA) is 42.5 Å². The number of carbonyl (C=O) groups excluding carboxylic acids is 1. The minimum absolute atomic E-state index is 0.136. The lowest BCUT2D eigenvalue weighted by molar-refractivity contribution is 0.0638. The zero-order chi connectivity index (χ0) is 19.1. The van der Waals surface area contributed by atoms with Crippen LogP contribution >= 0.6 is 0 Å². The second kappa shape index (κ2) is 6.87. The summed E-state index contributed by atoms with van der Waals surface area (Å²) in [6, 6.07) is 8.69. The maximum atomic E-state index is 13.3. The smallest absolute Gasteiger partial charge is 0.256 e. The van der Waals surface area contributed by atoms with Crippen LogP contribution in [0.5, 0.6) is 0 Å². The van der Waals surface area contributed by atoms with E-state index in [0.29, 0.717) is 12.1 Å². The van der Waals surface area contributed by atoms with Crippen molar-refractivity contribution in [1.82, 2.24) is 18.9 Å². The number of fused-ring (bicyclic) bond motifs is 1. The van der Waals surface area contributed by atoms with E-state index in [9.17, 15) is 4.79 Å². The third-order valence-corrected chi connectivity index (χ3v) is 5.71. The van der Waals surface area contributed by atoms with Crippen molar-refractivity contribution in [2.45, 2.75) is 59.0 Å². The zero-order valence-corrected chi connectivity index (χ0v) is 16.6. The third-order valence-electron chi connectivity index (χ3n) is 5.71. The van der Waals surface area contributed by atoms with Crippen LogP contribution in [-0.2, 0) is 0 Å². The Balaban J connectivity index is 1.82. The molecule has 4 rings (SSSR count). The molecule has 3 aromatic heterocycles. The van der Waals surface area contributed by atoms with Crippen LogP contribution in [-0.4, -0.2) is 37.3 Å². The molecule has 1 saturated heterocycles. The number of rotatable bonds is 3. The number of piperidine rings is 1. The van der Waals surface area contributed by atoms with Crippen LogP contribution in [0.3, 0.4) is 0 Å². The molecule has 4 heterocycles. The summed E-state index contributed by atoms with van der Waals surface area (Å²) in [5, 5.41) is 0. The number of hydrogen-bond acceptors (Lipinski definition) is 2. The Morgan fingerprint density at radius 2 is 2.07 bits per heavy atom. The highest BCUT2D eigenvalue weighted by Gasteiger charge is 2.27. The van der Waals surface area contributed by atoms with Crippen molar-refractivity contribution in [2.24, 2.45) is 0 Å². The minimum Gasteiger partial charge on any atom is -0.336 e. The zero-order valence-electron chi connectivity index (χ0n) is 16.6. The molecule has 1 atom stereocenters. The lowest BCUT2D eigenvalue weighted by Crippen LogP contribution is -2.41. The van der Waals surface area contributed by atoms with E-state index >= 15 is 0 Å². The summed E-state index contributed by atoms with van der Waals surface area (Å²) in [5.41, 5.74) is 3.61. The molecule has 0 aromatic carbocycles. The molecule has 0 aliphatic carbocycles. The van der Waals surface area contributed by atoms with Crippen LogP contribution in [0.2, 0.25) is 0 Å². The van der Waals surface area contributed by atoms with E-state index < -0.39 is 0 Å². The molecule has 0 saturated carbocycles. The number of aryl methyl sites for hydroxylation is 1. The molecule has 1 aliphatic rings. The fourth-order valence-corrected chi connectivity index (χ4v) is 4.21. The lowest BCUT2D eigenvalue weighted by Gasteiger charge is -2.33. The van der Waals surface area contributed by atoms with Crippen molar-refractivity contribution in [2.75, 3.05) is 6.54 Å². The number of hydrogen-bond donors (Lipinski definition) is 0. The number of likely N-dealkylation sites (tertiary alicyclic amines) is 1. The second-order valence-electron chi connectivity index (χ2n) is 7.92. The van der Waals surface area contributed by atoms with Gasteiger partial charge < -0.3 is 13.9 Å². The van der Waals surface area contributed by atoms with Crippen LogP contribution in [0.15, 0.2) is 36.7 Å². The monoisotopic (exact) mass is 364 g/mol. The Bertz CT molecular complexity index is 982. The van der Waals surface area contributed by atoms with E-state index in [1.54, 1.807) is 0 Å². The van der Waals surface area contributed by atoms with Gasteiger partial charge in [-0.2, -0.15) is 0 Å². The highest BCUT2D eigenvalue weighted by molar-refractivity contribution is 6.03. The molecule has 0 unspecified atom stereocenters. The van der Waals surface area contributed by atoms with E-state index in [1.165, 1.54) is 6.42 Å². The molecule has 1 aliphatic heterocycles. The number of nitrogens with zero attached hydrogens (tertiary/aromatic N) is 4. The maximum absolute atomic E-state index is 13.3. The Morgan fingerprint density at radius 1 is 1.26 bits per heavy atom. The van der Waals surface area contributed by atoms with E-state index in [2.05, 4.69) is 35.9 Å². The standard InChI is InChI=1S/C22H28N4O/c1-15(2)26-14-19(23-17(26)4)21-13-18(20-10-6-8-12-25(20)21)22(27)24-11-7-5-9-16(24)3/h6,8,10,12-16H,5,7,9,11H2,1-4H3/t16-/m1/s1. The summed E-state index contributed by atoms with van der Waals surface area (Å²) in [4.78, 5) is 20.1. The van der Waals surface area contributed by atoms with E-state index in [-0.39, 0.29) is 5.91 Å². The van der Waals surface area contributed by atoms with Crippen molar-refractivity contribution < 1.29 is 4.79 Å². The molecule has 5 heteroatoms. The molecule has 5 nitrogen and oxygen atoms in total. The van der Waals surface area contributed by atoms with Gasteiger partial charge in [0.2, 0.25) is 0 Å². The van der Waals surface area contributed by atoms with Crippen molar-refractivity contribution in [3.63, 3.8) is 0 Å². The van der Waals surface area contributed by atoms with Gasteiger partial charge in [-0.05, 0) is 65.2 Å². The van der Waals surface area contributed by atoms with Crippen LogP contribution in [0.25, 0.3) is 16.9 Å². The number of pyridine rings is 1. The number of amides is 1. The Hall–Kier alpha value is -2.56. The van der Waals surface area contributed by atoms with Crippen molar-refractivity contribution in [1.29, 1.82) is 0 Å². The van der Waals surface area contributed by atoms with E-state index in [4.69, 9.17) is 4.98 Å². The first-order valence-electron chi connectivity index (χ1n) is 9.94. The van der Waals surface area contributed by atoms with Gasteiger partial charge in [0, 0.05) is 31.0 Å². The summed E-state index contributed by atoms with van der Waals surface area (Å²) < 4.78 is 4.26. The number of aromatic nitrogens is 3. The average Bonchev–Trinajstić information content (AvgIpc) is 3.22. The Morgan fingerprint density at radius 3 is 2.78 bits per heavy atom. The average molecular weight is 364 g/mol. The molecule has 1 fully saturated rings. The fourth-order valence-electron chi connectivity index (χ4n) is 4.21. The summed E-state index contributed by atoms with van der Waals surface area (Å²) in [5.74, 6) is 1.13.